The smallest absolute Gasteiger partial charge is 0.416 e. The van der Waals surface area contributed by atoms with E-state index in [9.17, 15) is 9.59 Å². The van der Waals surface area contributed by atoms with E-state index in [0.29, 0.717) is 0 Å². The second kappa shape index (κ2) is 5.09. The van der Waals surface area contributed by atoms with Crippen molar-refractivity contribution in [1.29, 1.82) is 0 Å². The van der Waals surface area contributed by atoms with E-state index in [1.165, 1.54) is 6.08 Å². The van der Waals surface area contributed by atoms with Crippen LogP contribution in [0.2, 0.25) is 0 Å². The largest absolute Gasteiger partial charge is 0.431 e. The number of carbonyl (C=O) groups is 2. The van der Waals surface area contributed by atoms with Crippen LogP contribution in [0.5, 0.6) is 0 Å². The van der Waals surface area contributed by atoms with Gasteiger partial charge in [-0.1, -0.05) is 48.5 Å². The zero-order valence-corrected chi connectivity index (χ0v) is 12.4. The summed E-state index contributed by atoms with van der Waals surface area (Å²) in [7, 11) is 0. The monoisotopic (exact) mass is 305 g/mol. The molecule has 1 aliphatic carbocycles. The van der Waals surface area contributed by atoms with Gasteiger partial charge in [-0.25, -0.2) is 4.79 Å². The molecule has 4 nitrogen and oxygen atoms in total. The molecule has 4 heteroatoms. The lowest BCUT2D eigenvalue weighted by molar-refractivity contribution is -0.116. The van der Waals surface area contributed by atoms with Crippen LogP contribution < -0.4 is 4.90 Å². The van der Waals surface area contributed by atoms with Gasteiger partial charge in [-0.05, 0) is 24.3 Å². The maximum atomic E-state index is 12.6. The Morgan fingerprint density at radius 1 is 0.957 bits per heavy atom. The molecule has 2 aliphatic rings. The predicted octanol–water partition coefficient (Wildman–Crippen LogP) is 3.44. The highest BCUT2D eigenvalue weighted by Crippen LogP contribution is 2.45. The summed E-state index contributed by atoms with van der Waals surface area (Å²) in [6.45, 7) is 0. The maximum Gasteiger partial charge on any atom is 0.416 e. The third-order valence-electron chi connectivity index (χ3n) is 4.43. The molecule has 2 atom stereocenters. The minimum atomic E-state index is -0.915. The minimum absolute atomic E-state index is 0.000729. The maximum absolute atomic E-state index is 12.6. The lowest BCUT2D eigenvalue weighted by Gasteiger charge is -2.34. The number of hydrogen-bond donors (Lipinski definition) is 0. The molecule has 0 saturated carbocycles. The molecule has 1 saturated heterocycles. The van der Waals surface area contributed by atoms with Crippen molar-refractivity contribution in [3.63, 3.8) is 0 Å². The van der Waals surface area contributed by atoms with Crippen molar-refractivity contribution in [3.05, 3.63) is 78.4 Å². The topological polar surface area (TPSA) is 46.6 Å². The molecule has 0 aromatic heterocycles. The van der Waals surface area contributed by atoms with Crippen molar-refractivity contribution in [2.45, 2.75) is 18.1 Å². The quantitative estimate of drug-likeness (QED) is 0.854. The van der Waals surface area contributed by atoms with Crippen LogP contribution in [0.3, 0.4) is 0 Å². The molecule has 0 radical (unpaired) electrons. The second-order valence-electron chi connectivity index (χ2n) is 5.75. The van der Waals surface area contributed by atoms with Crippen LogP contribution in [0.25, 0.3) is 0 Å². The molecule has 1 fully saturated rings. The number of fused-ring (bicyclic) bond motifs is 1. The summed E-state index contributed by atoms with van der Waals surface area (Å²) in [4.78, 5) is 26.2. The van der Waals surface area contributed by atoms with Crippen molar-refractivity contribution in [2.75, 3.05) is 4.90 Å². The number of amides is 1. The first kappa shape index (κ1) is 13.8. The Bertz CT molecular complexity index is 785. The Balaban J connectivity index is 1.87. The fourth-order valence-electron chi connectivity index (χ4n) is 3.36. The van der Waals surface area contributed by atoms with Gasteiger partial charge in [-0.3, -0.25) is 9.69 Å². The number of para-hydroxylation sites is 1. The van der Waals surface area contributed by atoms with Gasteiger partial charge in [0.2, 0.25) is 0 Å². The van der Waals surface area contributed by atoms with Gasteiger partial charge in [0, 0.05) is 17.7 Å². The van der Waals surface area contributed by atoms with Gasteiger partial charge < -0.3 is 4.74 Å². The molecule has 0 bridgehead atoms. The average molecular weight is 305 g/mol. The summed E-state index contributed by atoms with van der Waals surface area (Å²) in [6, 6.07) is 18.5. The number of nitrogens with zero attached hydrogens (tertiary/aromatic N) is 1. The van der Waals surface area contributed by atoms with Gasteiger partial charge in [-0.2, -0.15) is 0 Å². The summed E-state index contributed by atoms with van der Waals surface area (Å²) in [5.41, 5.74) is 0.700. The normalized spacial score (nSPS) is 26.1. The van der Waals surface area contributed by atoms with E-state index in [-0.39, 0.29) is 18.2 Å². The van der Waals surface area contributed by atoms with Crippen LogP contribution in [0.1, 0.15) is 12.0 Å². The van der Waals surface area contributed by atoms with E-state index in [1.54, 1.807) is 11.0 Å². The third kappa shape index (κ3) is 2.06. The zero-order valence-electron chi connectivity index (χ0n) is 12.4. The van der Waals surface area contributed by atoms with E-state index in [2.05, 4.69) is 0 Å². The van der Waals surface area contributed by atoms with Crippen LogP contribution >= 0.6 is 0 Å². The standard InChI is InChI=1S/C19H15NO3/c21-16-11-12-19(14-7-3-1-4-8-14)17(13-16)20(18(22)23-19)15-9-5-2-6-10-15/h1-12,17H,13H2/t17-,19-/m0/s1. The molecule has 1 aliphatic heterocycles. The lowest BCUT2D eigenvalue weighted by Crippen LogP contribution is -2.46. The van der Waals surface area contributed by atoms with E-state index in [4.69, 9.17) is 4.74 Å². The van der Waals surface area contributed by atoms with Gasteiger partial charge >= 0.3 is 6.09 Å². The number of allylic oxidation sites excluding steroid dienone is 1. The third-order valence-corrected chi connectivity index (χ3v) is 4.43. The molecule has 4 rings (SSSR count). The molecule has 2 aromatic carbocycles. The second-order valence-corrected chi connectivity index (χ2v) is 5.75. The Kier molecular flexibility index (Phi) is 3.05. The molecule has 1 amide bonds. The molecule has 114 valence electrons. The molecular weight excluding hydrogens is 290 g/mol. The number of hydrogen-bond acceptors (Lipinski definition) is 3. The van der Waals surface area contributed by atoms with Gasteiger partial charge in [0.05, 0.1) is 6.04 Å². The Morgan fingerprint density at radius 2 is 1.61 bits per heavy atom. The number of anilines is 1. The summed E-state index contributed by atoms with van der Waals surface area (Å²) < 4.78 is 5.80. The summed E-state index contributed by atoms with van der Waals surface area (Å²) >= 11 is 0. The van der Waals surface area contributed by atoms with E-state index >= 15 is 0 Å². The molecule has 1 heterocycles. The molecule has 0 unspecified atom stereocenters. The molecular formula is C19H15NO3. The number of carbonyl (C=O) groups excluding carboxylic acids is 2. The fraction of sp³-hybridized carbons (Fsp3) is 0.158. The van der Waals surface area contributed by atoms with Crippen molar-refractivity contribution >= 4 is 17.6 Å². The van der Waals surface area contributed by atoms with E-state index in [1.807, 2.05) is 60.7 Å². The highest BCUT2D eigenvalue weighted by molar-refractivity contribution is 5.98. The van der Waals surface area contributed by atoms with Crippen molar-refractivity contribution in [1.82, 2.24) is 0 Å². The Morgan fingerprint density at radius 3 is 2.30 bits per heavy atom. The zero-order chi connectivity index (χ0) is 15.9. The van der Waals surface area contributed by atoms with Crippen molar-refractivity contribution in [2.24, 2.45) is 0 Å². The van der Waals surface area contributed by atoms with Crippen LogP contribution in [0.15, 0.2) is 72.8 Å². The number of benzene rings is 2. The molecule has 0 N–H and O–H groups in total. The van der Waals surface area contributed by atoms with Crippen LogP contribution in [-0.2, 0) is 15.1 Å². The van der Waals surface area contributed by atoms with E-state index < -0.39 is 11.7 Å². The highest BCUT2D eigenvalue weighted by Gasteiger charge is 2.56. The minimum Gasteiger partial charge on any atom is -0.431 e. The molecule has 2 aromatic rings. The first-order valence-electron chi connectivity index (χ1n) is 7.55. The van der Waals surface area contributed by atoms with Crippen molar-refractivity contribution < 1.29 is 14.3 Å². The molecule has 23 heavy (non-hydrogen) atoms. The Labute approximate surface area is 134 Å². The van der Waals surface area contributed by atoms with Gasteiger partial charge in [0.1, 0.15) is 0 Å². The van der Waals surface area contributed by atoms with Gasteiger partial charge in [-0.15, -0.1) is 0 Å². The van der Waals surface area contributed by atoms with Gasteiger partial charge in [0.25, 0.3) is 0 Å². The SMILES string of the molecule is O=C1C=C[C@@]2(c3ccccc3)OC(=O)N(c3ccccc3)[C@H]2C1. The highest BCUT2D eigenvalue weighted by atomic mass is 16.6. The summed E-state index contributed by atoms with van der Waals surface area (Å²) in [6.07, 6.45) is 3.06. The van der Waals surface area contributed by atoms with Crippen LogP contribution in [-0.4, -0.2) is 17.9 Å². The number of ether oxygens (including phenoxy) is 1. The lowest BCUT2D eigenvalue weighted by atomic mass is 9.79. The van der Waals surface area contributed by atoms with Crippen molar-refractivity contribution in [3.8, 4) is 0 Å². The fourth-order valence-corrected chi connectivity index (χ4v) is 3.36. The summed E-state index contributed by atoms with van der Waals surface area (Å²) in [5.74, 6) is 0.000729. The first-order chi connectivity index (χ1) is 11.2. The first-order valence-corrected chi connectivity index (χ1v) is 7.55. The molecule has 0 spiro atoms. The van der Waals surface area contributed by atoms with Gasteiger partial charge in [0.15, 0.2) is 11.4 Å². The average Bonchev–Trinajstić information content (AvgIpc) is 2.89. The Hall–Kier alpha value is -2.88. The van der Waals surface area contributed by atoms with Crippen LogP contribution in [0, 0.1) is 0 Å². The van der Waals surface area contributed by atoms with Crippen LogP contribution in [0.4, 0.5) is 10.5 Å². The summed E-state index contributed by atoms with van der Waals surface area (Å²) in [5, 5.41) is 0. The number of ketones is 1. The number of rotatable bonds is 2. The van der Waals surface area contributed by atoms with E-state index in [0.717, 1.165) is 11.3 Å². The predicted molar refractivity (Wildman–Crippen MR) is 86.1 cm³/mol.